The lowest BCUT2D eigenvalue weighted by Gasteiger charge is -2.34. The quantitative estimate of drug-likeness (QED) is 0.764. The van der Waals surface area contributed by atoms with Crippen molar-refractivity contribution < 1.29 is 9.90 Å². The molecular weight excluding hydrogens is 246 g/mol. The van der Waals surface area contributed by atoms with Crippen LogP contribution in [0.3, 0.4) is 0 Å². The summed E-state index contributed by atoms with van der Waals surface area (Å²) in [6.07, 6.45) is 0.373. The second-order valence-electron chi connectivity index (χ2n) is 5.08. The molecule has 2 unspecified atom stereocenters. The zero-order valence-corrected chi connectivity index (χ0v) is 11.7. The van der Waals surface area contributed by atoms with Gasteiger partial charge in [0.25, 0.3) is 5.91 Å². The fraction of sp³-hybridized carbons (Fsp3) is 0.500. The van der Waals surface area contributed by atoms with E-state index in [2.05, 4.69) is 12.6 Å². The van der Waals surface area contributed by atoms with Crippen molar-refractivity contribution in [2.75, 3.05) is 13.1 Å². The number of thiol groups is 1. The van der Waals surface area contributed by atoms with Crippen molar-refractivity contribution in [1.29, 1.82) is 0 Å². The number of piperidine rings is 1. The van der Waals surface area contributed by atoms with Crippen LogP contribution in [0.1, 0.15) is 29.3 Å². The summed E-state index contributed by atoms with van der Waals surface area (Å²) in [7, 11) is 0. The molecular formula is C14H19NO2S. The second kappa shape index (κ2) is 5.33. The Morgan fingerprint density at radius 3 is 2.89 bits per heavy atom. The number of likely N-dealkylation sites (tertiary alicyclic amines) is 1. The monoisotopic (exact) mass is 265 g/mol. The molecule has 1 amide bonds. The molecule has 0 saturated carbocycles. The van der Waals surface area contributed by atoms with E-state index >= 15 is 0 Å². The predicted molar refractivity (Wildman–Crippen MR) is 74.1 cm³/mol. The van der Waals surface area contributed by atoms with Crippen LogP contribution in [0, 0.1) is 12.8 Å². The normalized spacial score (nSPS) is 24.1. The van der Waals surface area contributed by atoms with Crippen molar-refractivity contribution >= 4 is 18.5 Å². The van der Waals surface area contributed by atoms with Crippen molar-refractivity contribution in [2.45, 2.75) is 31.3 Å². The molecule has 1 fully saturated rings. The molecule has 18 heavy (non-hydrogen) atoms. The number of carbonyl (C=O) groups is 1. The van der Waals surface area contributed by atoms with Crippen LogP contribution in [0.15, 0.2) is 23.1 Å². The molecule has 0 spiro atoms. The van der Waals surface area contributed by atoms with Gasteiger partial charge in [-0.1, -0.05) is 13.0 Å². The Kier molecular flexibility index (Phi) is 3.97. The summed E-state index contributed by atoms with van der Waals surface area (Å²) in [5.41, 5.74) is 1.68. The lowest BCUT2D eigenvalue weighted by molar-refractivity contribution is 0.0297. The Morgan fingerprint density at radius 2 is 2.22 bits per heavy atom. The van der Waals surface area contributed by atoms with Gasteiger partial charge in [0, 0.05) is 23.5 Å². The first-order valence-corrected chi connectivity index (χ1v) is 6.70. The van der Waals surface area contributed by atoms with Crippen LogP contribution in [0.2, 0.25) is 0 Å². The minimum absolute atomic E-state index is 0.0437. The Morgan fingerprint density at radius 1 is 1.50 bits per heavy atom. The SMILES string of the molecule is Cc1ccc(S)cc1C(=O)N1CCC(O)C(C)C1. The van der Waals surface area contributed by atoms with Crippen LogP contribution in [-0.4, -0.2) is 35.1 Å². The van der Waals surface area contributed by atoms with Gasteiger partial charge in [0.05, 0.1) is 6.10 Å². The van der Waals surface area contributed by atoms with Crippen molar-refractivity contribution in [3.05, 3.63) is 29.3 Å². The summed E-state index contributed by atoms with van der Waals surface area (Å²) in [5.74, 6) is 0.185. The summed E-state index contributed by atoms with van der Waals surface area (Å²) in [5, 5.41) is 9.70. The number of hydrogen-bond acceptors (Lipinski definition) is 3. The molecule has 0 aromatic heterocycles. The van der Waals surface area contributed by atoms with Crippen LogP contribution in [0.5, 0.6) is 0 Å². The van der Waals surface area contributed by atoms with Crippen LogP contribution < -0.4 is 0 Å². The molecule has 0 radical (unpaired) electrons. The summed E-state index contributed by atoms with van der Waals surface area (Å²) in [6, 6.07) is 5.62. The number of nitrogens with zero attached hydrogens (tertiary/aromatic N) is 1. The number of aliphatic hydroxyl groups is 1. The van der Waals surface area contributed by atoms with Gasteiger partial charge in [0.15, 0.2) is 0 Å². The molecule has 2 atom stereocenters. The fourth-order valence-corrected chi connectivity index (χ4v) is 2.53. The summed E-state index contributed by atoms with van der Waals surface area (Å²) >= 11 is 4.28. The molecule has 4 heteroatoms. The zero-order valence-electron chi connectivity index (χ0n) is 10.8. The Labute approximate surface area is 113 Å². The van der Waals surface area contributed by atoms with E-state index < -0.39 is 0 Å². The molecule has 1 aliphatic heterocycles. The highest BCUT2D eigenvalue weighted by Crippen LogP contribution is 2.21. The molecule has 0 bridgehead atoms. The first-order chi connectivity index (χ1) is 8.49. The third kappa shape index (κ3) is 2.70. The maximum absolute atomic E-state index is 12.4. The number of aryl methyl sites for hydroxylation is 1. The Bertz CT molecular complexity index is 461. The molecule has 1 saturated heterocycles. The highest BCUT2D eigenvalue weighted by atomic mass is 32.1. The van der Waals surface area contributed by atoms with E-state index in [4.69, 9.17) is 0 Å². The first kappa shape index (κ1) is 13.4. The third-order valence-corrected chi connectivity index (χ3v) is 3.88. The fourth-order valence-electron chi connectivity index (χ4n) is 2.33. The maximum Gasteiger partial charge on any atom is 0.254 e. The number of rotatable bonds is 1. The van der Waals surface area contributed by atoms with Crippen molar-refractivity contribution in [2.24, 2.45) is 5.92 Å². The van der Waals surface area contributed by atoms with Crippen LogP contribution in [0.4, 0.5) is 0 Å². The number of carbonyl (C=O) groups excluding carboxylic acids is 1. The smallest absolute Gasteiger partial charge is 0.254 e. The molecule has 1 heterocycles. The molecule has 98 valence electrons. The first-order valence-electron chi connectivity index (χ1n) is 6.26. The van der Waals surface area contributed by atoms with Crippen LogP contribution in [-0.2, 0) is 0 Å². The number of aliphatic hydroxyl groups excluding tert-OH is 1. The van der Waals surface area contributed by atoms with Crippen LogP contribution >= 0.6 is 12.6 Å². The van der Waals surface area contributed by atoms with E-state index in [9.17, 15) is 9.90 Å². The van der Waals surface area contributed by atoms with Gasteiger partial charge in [0.1, 0.15) is 0 Å². The van der Waals surface area contributed by atoms with Crippen molar-refractivity contribution in [3.8, 4) is 0 Å². The molecule has 1 aromatic carbocycles. The highest BCUT2D eigenvalue weighted by Gasteiger charge is 2.28. The van der Waals surface area contributed by atoms with Gasteiger partial charge in [-0.2, -0.15) is 0 Å². The summed E-state index contributed by atoms with van der Waals surface area (Å²) < 4.78 is 0. The number of benzene rings is 1. The van der Waals surface area contributed by atoms with Gasteiger partial charge in [-0.3, -0.25) is 4.79 Å². The molecule has 1 aliphatic rings. The molecule has 1 N–H and O–H groups in total. The van der Waals surface area contributed by atoms with E-state index in [1.807, 2.05) is 36.9 Å². The second-order valence-corrected chi connectivity index (χ2v) is 5.60. The number of amides is 1. The minimum atomic E-state index is -0.286. The molecule has 0 aliphatic carbocycles. The van der Waals surface area contributed by atoms with Crippen molar-refractivity contribution in [1.82, 2.24) is 4.90 Å². The van der Waals surface area contributed by atoms with E-state index in [-0.39, 0.29) is 17.9 Å². The maximum atomic E-state index is 12.4. The summed E-state index contributed by atoms with van der Waals surface area (Å²) in [4.78, 5) is 15.1. The van der Waals surface area contributed by atoms with Gasteiger partial charge in [-0.25, -0.2) is 0 Å². The van der Waals surface area contributed by atoms with E-state index in [1.165, 1.54) is 0 Å². The highest BCUT2D eigenvalue weighted by molar-refractivity contribution is 7.80. The topological polar surface area (TPSA) is 40.5 Å². The third-order valence-electron chi connectivity index (χ3n) is 3.60. The standard InChI is InChI=1S/C14H19NO2S/c1-9-3-4-11(18)7-12(9)14(17)15-6-5-13(16)10(2)8-15/h3-4,7,10,13,16,18H,5-6,8H2,1-2H3. The predicted octanol–water partition coefficient (Wildman–Crippen LogP) is 2.13. The van der Waals surface area contributed by atoms with E-state index in [0.717, 1.165) is 10.5 Å². The molecule has 1 aromatic rings. The van der Waals surface area contributed by atoms with E-state index in [0.29, 0.717) is 25.1 Å². The Hall–Kier alpha value is -1.00. The van der Waals surface area contributed by atoms with E-state index in [1.54, 1.807) is 0 Å². The largest absolute Gasteiger partial charge is 0.393 e. The lowest BCUT2D eigenvalue weighted by Crippen LogP contribution is -2.45. The molecule has 2 rings (SSSR count). The van der Waals surface area contributed by atoms with Gasteiger partial charge in [0.2, 0.25) is 0 Å². The molecule has 3 nitrogen and oxygen atoms in total. The zero-order chi connectivity index (χ0) is 13.3. The average molecular weight is 265 g/mol. The summed E-state index contributed by atoms with van der Waals surface area (Å²) in [6.45, 7) is 5.16. The number of hydrogen-bond donors (Lipinski definition) is 2. The average Bonchev–Trinajstić information content (AvgIpc) is 2.35. The minimum Gasteiger partial charge on any atom is -0.393 e. The van der Waals surface area contributed by atoms with Gasteiger partial charge < -0.3 is 10.0 Å². The van der Waals surface area contributed by atoms with Gasteiger partial charge >= 0.3 is 0 Å². The van der Waals surface area contributed by atoms with Gasteiger partial charge in [-0.05, 0) is 37.0 Å². The van der Waals surface area contributed by atoms with Crippen LogP contribution in [0.25, 0.3) is 0 Å². The van der Waals surface area contributed by atoms with Gasteiger partial charge in [-0.15, -0.1) is 12.6 Å². The Balaban J connectivity index is 2.19. The lowest BCUT2D eigenvalue weighted by atomic mass is 9.95. The van der Waals surface area contributed by atoms with Crippen molar-refractivity contribution in [3.63, 3.8) is 0 Å².